The maximum absolute atomic E-state index is 15.3. The average molecular weight is 634 g/mol. The number of halogens is 5. The molecule has 2 saturated heterocycles. The van der Waals surface area contributed by atoms with Crippen LogP contribution in [-0.4, -0.2) is 75.8 Å². The highest BCUT2D eigenvalue weighted by molar-refractivity contribution is 7.99. The highest BCUT2D eigenvalue weighted by Crippen LogP contribution is 2.51. The molecule has 4 heterocycles. The Morgan fingerprint density at radius 2 is 1.86 bits per heavy atom. The van der Waals surface area contributed by atoms with Gasteiger partial charge in [-0.05, 0) is 44.7 Å². The van der Waals surface area contributed by atoms with Gasteiger partial charge in [0.05, 0.1) is 11.1 Å². The van der Waals surface area contributed by atoms with Crippen LogP contribution in [0.2, 0.25) is 0 Å². The van der Waals surface area contributed by atoms with Gasteiger partial charge in [0, 0.05) is 83.5 Å². The van der Waals surface area contributed by atoms with Crippen molar-refractivity contribution < 1.29 is 26.7 Å². The summed E-state index contributed by atoms with van der Waals surface area (Å²) in [5.74, 6) is -1.81. The van der Waals surface area contributed by atoms with Crippen LogP contribution < -0.4 is 10.6 Å². The molecule has 0 N–H and O–H groups in total. The Labute approximate surface area is 255 Å². The van der Waals surface area contributed by atoms with Gasteiger partial charge in [-0.25, -0.2) is 13.6 Å². The summed E-state index contributed by atoms with van der Waals surface area (Å²) >= 11 is 1.18. The first-order valence-corrected chi connectivity index (χ1v) is 15.4. The maximum Gasteiger partial charge on any atom is 0.417 e. The van der Waals surface area contributed by atoms with Crippen LogP contribution in [0.5, 0.6) is 0 Å². The van der Waals surface area contributed by atoms with Crippen LogP contribution in [0.25, 0.3) is 22.0 Å². The minimum Gasteiger partial charge on any atom is -0.349 e. The highest BCUT2D eigenvalue weighted by Gasteiger charge is 2.47. The molecule has 0 aliphatic carbocycles. The molecule has 1 amide bonds. The number of alkyl halides is 3. The van der Waals surface area contributed by atoms with Crippen molar-refractivity contribution in [1.82, 2.24) is 19.4 Å². The van der Waals surface area contributed by atoms with Crippen molar-refractivity contribution in [3.8, 4) is 11.1 Å². The number of aromatic nitrogens is 2. The highest BCUT2D eigenvalue weighted by atomic mass is 32.2. The molecule has 3 aliphatic rings. The largest absolute Gasteiger partial charge is 0.417 e. The normalized spacial score (nSPS) is 21.8. The average Bonchev–Trinajstić information content (AvgIpc) is 3.13. The van der Waals surface area contributed by atoms with Crippen LogP contribution in [0.15, 0.2) is 46.6 Å². The van der Waals surface area contributed by atoms with Crippen molar-refractivity contribution in [1.29, 1.82) is 0 Å². The fourth-order valence-corrected chi connectivity index (χ4v) is 8.30. The fraction of sp³-hybridized carbons (Fsp3) is 0.452. The predicted octanol–water partition coefficient (Wildman–Crippen LogP) is 5.40. The Morgan fingerprint density at radius 3 is 2.50 bits per heavy atom. The van der Waals surface area contributed by atoms with E-state index in [0.717, 1.165) is 24.7 Å². The predicted molar refractivity (Wildman–Crippen MR) is 160 cm³/mol. The number of nitrogens with zero attached hydrogens (tertiary/aromatic N) is 5. The number of carbonyl (C=O) groups excluding carboxylic acids is 1. The van der Waals surface area contributed by atoms with Gasteiger partial charge >= 0.3 is 11.9 Å². The van der Waals surface area contributed by atoms with Crippen LogP contribution >= 0.6 is 11.8 Å². The van der Waals surface area contributed by atoms with Crippen molar-refractivity contribution >= 4 is 34.4 Å². The van der Waals surface area contributed by atoms with Gasteiger partial charge in [-0.15, -0.1) is 11.8 Å². The zero-order chi connectivity index (χ0) is 31.7. The van der Waals surface area contributed by atoms with Crippen molar-refractivity contribution in [3.63, 3.8) is 0 Å². The molecule has 13 heteroatoms. The summed E-state index contributed by atoms with van der Waals surface area (Å²) in [4.78, 5) is 36.4. The van der Waals surface area contributed by atoms with Crippen molar-refractivity contribution in [2.45, 2.75) is 50.5 Å². The molecule has 2 fully saturated rings. The first-order valence-electron chi connectivity index (χ1n) is 14.5. The van der Waals surface area contributed by atoms with Gasteiger partial charge in [0.15, 0.2) is 0 Å². The minimum absolute atomic E-state index is 0.0875. The van der Waals surface area contributed by atoms with E-state index in [1.165, 1.54) is 22.4 Å². The summed E-state index contributed by atoms with van der Waals surface area (Å²) < 4.78 is 75.5. The number of hydrogen-bond donors (Lipinski definition) is 0. The lowest BCUT2D eigenvalue weighted by Crippen LogP contribution is -2.60. The molecule has 0 radical (unpaired) electrons. The number of thioether (sulfide) groups is 1. The molecule has 0 saturated carbocycles. The molecule has 3 aromatic rings. The first-order chi connectivity index (χ1) is 20.8. The fourth-order valence-electron chi connectivity index (χ4n) is 6.85. The van der Waals surface area contributed by atoms with Crippen molar-refractivity contribution in [2.24, 2.45) is 5.41 Å². The summed E-state index contributed by atoms with van der Waals surface area (Å²) in [5.41, 5.74) is -2.64. The lowest BCUT2D eigenvalue weighted by atomic mass is 9.81. The molecule has 44 heavy (non-hydrogen) atoms. The van der Waals surface area contributed by atoms with E-state index in [2.05, 4.69) is 16.5 Å². The van der Waals surface area contributed by atoms with Crippen LogP contribution in [-0.2, 0) is 17.5 Å². The maximum atomic E-state index is 15.3. The monoisotopic (exact) mass is 633 g/mol. The van der Waals surface area contributed by atoms with Crippen LogP contribution in [0.3, 0.4) is 0 Å². The minimum atomic E-state index is -4.91. The number of anilines is 1. The number of likely N-dealkylation sites (tertiary alicyclic amines) is 1. The number of hydrogen-bond acceptors (Lipinski definition) is 6. The van der Waals surface area contributed by atoms with Gasteiger partial charge in [-0.1, -0.05) is 13.5 Å². The zero-order valence-corrected chi connectivity index (χ0v) is 25.4. The van der Waals surface area contributed by atoms with Gasteiger partial charge in [-0.3, -0.25) is 9.36 Å². The lowest BCUT2D eigenvalue weighted by molar-refractivity contribution is -0.137. The Hall–Kier alpha value is -3.45. The third kappa shape index (κ3) is 4.97. The molecule has 2 aromatic carbocycles. The van der Waals surface area contributed by atoms with Crippen LogP contribution in [0.4, 0.5) is 27.8 Å². The number of carbonyl (C=O) groups is 1. The number of rotatable bonds is 4. The summed E-state index contributed by atoms with van der Waals surface area (Å²) in [6, 6.07) is 2.74. The molecule has 3 aliphatic heterocycles. The topological polar surface area (TPSA) is 61.7 Å². The summed E-state index contributed by atoms with van der Waals surface area (Å²) in [7, 11) is 0. The summed E-state index contributed by atoms with van der Waals surface area (Å²) in [6.45, 7) is 12.0. The van der Waals surface area contributed by atoms with E-state index in [0.29, 0.717) is 24.9 Å². The Kier molecular flexibility index (Phi) is 7.55. The van der Waals surface area contributed by atoms with Gasteiger partial charge in [-0.2, -0.15) is 18.2 Å². The first kappa shape index (κ1) is 30.6. The van der Waals surface area contributed by atoms with Gasteiger partial charge in [0.1, 0.15) is 17.5 Å². The van der Waals surface area contributed by atoms with Crippen molar-refractivity contribution in [3.05, 3.63) is 64.6 Å². The third-order valence-electron chi connectivity index (χ3n) is 9.00. The van der Waals surface area contributed by atoms with Crippen LogP contribution in [0.1, 0.15) is 26.3 Å². The second-order valence-electron chi connectivity index (χ2n) is 12.1. The van der Waals surface area contributed by atoms with Gasteiger partial charge in [0.2, 0.25) is 5.91 Å². The molecule has 0 unspecified atom stereocenters. The number of benzene rings is 2. The molecule has 6 rings (SSSR count). The van der Waals surface area contributed by atoms with E-state index >= 15 is 4.39 Å². The smallest absolute Gasteiger partial charge is 0.349 e. The lowest BCUT2D eigenvalue weighted by Gasteiger charge is -2.49. The molecule has 7 nitrogen and oxygen atoms in total. The molecule has 1 spiro atoms. The number of amides is 1. The second-order valence-corrected chi connectivity index (χ2v) is 13.1. The van der Waals surface area contributed by atoms with Gasteiger partial charge < -0.3 is 14.7 Å². The van der Waals surface area contributed by atoms with E-state index in [1.807, 2.05) is 20.8 Å². The Morgan fingerprint density at radius 1 is 1.14 bits per heavy atom. The standard InChI is InChI=1S/C31H32F5N5O2S/c1-5-24(42)39-11-18(4)40(12-17(39)3)28-21-10-22(31(34,35)36)25(20-8-7-19(32)9-23(20)33)27-26(21)41(29(43)37-28)15-30(16-44-27)13-38(6-2)14-30/h5,7-10,17-18H,1,6,11-16H2,2-4H3/t17-,18+/m1/s1. The van der Waals surface area contributed by atoms with E-state index in [-0.39, 0.29) is 59.2 Å². The quantitative estimate of drug-likeness (QED) is 0.284. The third-order valence-corrected chi connectivity index (χ3v) is 10.4. The Balaban J connectivity index is 1.64. The zero-order valence-electron chi connectivity index (χ0n) is 24.5. The van der Waals surface area contributed by atoms with E-state index in [4.69, 9.17) is 0 Å². The van der Waals surface area contributed by atoms with Crippen LogP contribution in [0, 0.1) is 17.0 Å². The van der Waals surface area contributed by atoms with E-state index in [1.54, 1.807) is 9.80 Å². The van der Waals surface area contributed by atoms with Crippen molar-refractivity contribution in [2.75, 3.05) is 43.4 Å². The van der Waals surface area contributed by atoms with E-state index < -0.39 is 45.6 Å². The van der Waals surface area contributed by atoms with Gasteiger partial charge in [0.25, 0.3) is 0 Å². The molecular formula is C31H32F5N5O2S. The number of piperazine rings is 1. The van der Waals surface area contributed by atoms with E-state index in [9.17, 15) is 27.2 Å². The molecular weight excluding hydrogens is 601 g/mol. The summed E-state index contributed by atoms with van der Waals surface area (Å²) in [6.07, 6.45) is -3.69. The Bertz CT molecular complexity index is 1740. The summed E-state index contributed by atoms with van der Waals surface area (Å²) in [5, 5.41) is 0.122. The second kappa shape index (κ2) is 10.9. The molecule has 1 aromatic heterocycles. The molecule has 234 valence electrons. The molecule has 0 bridgehead atoms. The molecule has 2 atom stereocenters. The SMILES string of the molecule is C=CC(=O)N1C[C@H](C)N(c2nc(=O)n3c4c(c(-c5ccc(F)cc5F)c(C(F)(F)F)cc24)SCC2(CN(CC)C2)C3)C[C@H]1C.